The molecule has 0 aliphatic heterocycles. The van der Waals surface area contributed by atoms with Crippen molar-refractivity contribution in [3.8, 4) is 0 Å². The molecule has 0 aromatic rings. The molecular weight excluding hydrogens is 248 g/mol. The van der Waals surface area contributed by atoms with E-state index in [1.807, 2.05) is 0 Å². The van der Waals surface area contributed by atoms with Crippen LogP contribution in [0.3, 0.4) is 0 Å². The van der Waals surface area contributed by atoms with Gasteiger partial charge in [-0.25, -0.2) is 0 Å². The Balaban J connectivity index is 2.09. The average molecular weight is 270 g/mol. The predicted molar refractivity (Wildman–Crippen MR) is 69.4 cm³/mol. The zero-order chi connectivity index (χ0) is 14.3. The number of carboxylic acid groups (broad SMARTS) is 1. The van der Waals surface area contributed by atoms with Crippen LogP contribution in [0.25, 0.3) is 0 Å². The van der Waals surface area contributed by atoms with Gasteiger partial charge in [0.15, 0.2) is 0 Å². The molecule has 0 radical (unpaired) electrons. The summed E-state index contributed by atoms with van der Waals surface area (Å²) in [7, 11) is 0. The van der Waals surface area contributed by atoms with E-state index in [1.54, 1.807) is 0 Å². The van der Waals surface area contributed by atoms with Crippen LogP contribution in [0.5, 0.6) is 0 Å². The first-order chi connectivity index (χ1) is 9.00. The lowest BCUT2D eigenvalue weighted by Crippen LogP contribution is -2.35. The number of rotatable bonds is 7. The van der Waals surface area contributed by atoms with Gasteiger partial charge in [0, 0.05) is 25.4 Å². The van der Waals surface area contributed by atoms with Gasteiger partial charge in [0.05, 0.1) is 5.92 Å². The molecule has 1 aliphatic carbocycles. The second-order valence-electron chi connectivity index (χ2n) is 5.07. The van der Waals surface area contributed by atoms with Crippen molar-refractivity contribution in [1.82, 2.24) is 10.6 Å². The van der Waals surface area contributed by atoms with Crippen LogP contribution in [0.15, 0.2) is 0 Å². The number of carboxylic acids is 1. The maximum Gasteiger partial charge on any atom is 0.308 e. The van der Waals surface area contributed by atoms with E-state index < -0.39 is 11.9 Å². The molecule has 0 aromatic carbocycles. The maximum absolute atomic E-state index is 11.7. The Morgan fingerprint density at radius 1 is 1.21 bits per heavy atom. The van der Waals surface area contributed by atoms with Gasteiger partial charge in [-0.3, -0.25) is 14.4 Å². The SMILES string of the molecule is CC(CNC(=O)CCNC(=O)C1CCCC1)C(=O)O. The van der Waals surface area contributed by atoms with Crippen molar-refractivity contribution in [2.24, 2.45) is 11.8 Å². The first kappa shape index (κ1) is 15.5. The molecule has 1 saturated carbocycles. The van der Waals surface area contributed by atoms with Crippen LogP contribution in [0, 0.1) is 11.8 Å². The molecule has 0 bridgehead atoms. The number of hydrogen-bond acceptors (Lipinski definition) is 3. The minimum Gasteiger partial charge on any atom is -0.481 e. The van der Waals surface area contributed by atoms with Crippen LogP contribution in [0.1, 0.15) is 39.0 Å². The zero-order valence-corrected chi connectivity index (χ0v) is 11.3. The first-order valence-corrected chi connectivity index (χ1v) is 6.78. The van der Waals surface area contributed by atoms with E-state index in [9.17, 15) is 14.4 Å². The highest BCUT2D eigenvalue weighted by molar-refractivity contribution is 5.81. The van der Waals surface area contributed by atoms with E-state index in [-0.39, 0.29) is 30.7 Å². The summed E-state index contributed by atoms with van der Waals surface area (Å²) in [6.45, 7) is 1.96. The number of hydrogen-bond donors (Lipinski definition) is 3. The molecule has 1 unspecified atom stereocenters. The molecule has 0 aromatic heterocycles. The third-order valence-corrected chi connectivity index (χ3v) is 3.40. The van der Waals surface area contributed by atoms with Crippen molar-refractivity contribution in [2.75, 3.05) is 13.1 Å². The fourth-order valence-electron chi connectivity index (χ4n) is 2.07. The van der Waals surface area contributed by atoms with Crippen LogP contribution in [-0.4, -0.2) is 36.0 Å². The summed E-state index contributed by atoms with van der Waals surface area (Å²) in [5, 5.41) is 13.9. The summed E-state index contributed by atoms with van der Waals surface area (Å²) in [5.41, 5.74) is 0. The lowest BCUT2D eigenvalue weighted by atomic mass is 10.1. The highest BCUT2D eigenvalue weighted by Crippen LogP contribution is 2.24. The lowest BCUT2D eigenvalue weighted by molar-refractivity contribution is -0.141. The van der Waals surface area contributed by atoms with Crippen LogP contribution >= 0.6 is 0 Å². The van der Waals surface area contributed by atoms with Crippen molar-refractivity contribution in [2.45, 2.75) is 39.0 Å². The van der Waals surface area contributed by atoms with Gasteiger partial charge < -0.3 is 15.7 Å². The number of aliphatic carboxylic acids is 1. The minimum atomic E-state index is -0.935. The summed E-state index contributed by atoms with van der Waals surface area (Å²) < 4.78 is 0. The molecule has 0 saturated heterocycles. The first-order valence-electron chi connectivity index (χ1n) is 6.78. The Hall–Kier alpha value is -1.59. The Kier molecular flexibility index (Phi) is 6.32. The quantitative estimate of drug-likeness (QED) is 0.628. The second-order valence-corrected chi connectivity index (χ2v) is 5.07. The van der Waals surface area contributed by atoms with Crippen LogP contribution < -0.4 is 10.6 Å². The Labute approximate surface area is 112 Å². The van der Waals surface area contributed by atoms with E-state index in [4.69, 9.17) is 5.11 Å². The second kappa shape index (κ2) is 7.76. The number of nitrogens with one attached hydrogen (secondary N) is 2. The van der Waals surface area contributed by atoms with Gasteiger partial charge in [-0.2, -0.15) is 0 Å². The Bertz CT molecular complexity index is 338. The zero-order valence-electron chi connectivity index (χ0n) is 11.3. The van der Waals surface area contributed by atoms with Crippen LogP contribution in [0.2, 0.25) is 0 Å². The van der Waals surface area contributed by atoms with Crippen LogP contribution in [0.4, 0.5) is 0 Å². The van der Waals surface area contributed by atoms with Gasteiger partial charge in [0.2, 0.25) is 11.8 Å². The van der Waals surface area contributed by atoms with Crippen molar-refractivity contribution in [3.05, 3.63) is 0 Å². The molecular formula is C13H22N2O4. The molecule has 1 aliphatic rings. The molecule has 108 valence electrons. The minimum absolute atomic E-state index is 0.0317. The van der Waals surface area contributed by atoms with Crippen molar-refractivity contribution in [3.63, 3.8) is 0 Å². The molecule has 0 heterocycles. The van der Waals surface area contributed by atoms with E-state index in [0.29, 0.717) is 6.54 Å². The predicted octanol–water partition coefficient (Wildman–Crippen LogP) is 0.520. The molecule has 1 rings (SSSR count). The third kappa shape index (κ3) is 5.72. The summed E-state index contributed by atoms with van der Waals surface area (Å²) in [5.74, 6) is -1.63. The van der Waals surface area contributed by atoms with Gasteiger partial charge in [-0.15, -0.1) is 0 Å². The average Bonchev–Trinajstić information content (AvgIpc) is 2.89. The number of carbonyl (C=O) groups excluding carboxylic acids is 2. The summed E-state index contributed by atoms with van der Waals surface area (Å²) in [6, 6.07) is 0. The standard InChI is InChI=1S/C13H22N2O4/c1-9(13(18)19)8-15-11(16)6-7-14-12(17)10-4-2-3-5-10/h9-10H,2-8H2,1H3,(H,14,17)(H,15,16)(H,18,19). The smallest absolute Gasteiger partial charge is 0.308 e. The molecule has 19 heavy (non-hydrogen) atoms. The van der Waals surface area contributed by atoms with Gasteiger partial charge in [-0.05, 0) is 12.8 Å². The monoisotopic (exact) mass is 270 g/mol. The molecule has 0 spiro atoms. The van der Waals surface area contributed by atoms with Gasteiger partial charge >= 0.3 is 5.97 Å². The largest absolute Gasteiger partial charge is 0.481 e. The van der Waals surface area contributed by atoms with Crippen molar-refractivity contribution in [1.29, 1.82) is 0 Å². The van der Waals surface area contributed by atoms with Gasteiger partial charge in [0.1, 0.15) is 0 Å². The fraction of sp³-hybridized carbons (Fsp3) is 0.769. The Morgan fingerprint density at radius 2 is 1.84 bits per heavy atom. The normalized spacial score (nSPS) is 16.9. The molecule has 3 N–H and O–H groups in total. The third-order valence-electron chi connectivity index (χ3n) is 3.40. The summed E-state index contributed by atoms with van der Waals surface area (Å²) in [4.78, 5) is 33.6. The highest BCUT2D eigenvalue weighted by atomic mass is 16.4. The topological polar surface area (TPSA) is 95.5 Å². The molecule has 1 fully saturated rings. The Morgan fingerprint density at radius 3 is 2.42 bits per heavy atom. The van der Waals surface area contributed by atoms with Crippen molar-refractivity contribution < 1.29 is 19.5 Å². The lowest BCUT2D eigenvalue weighted by Gasteiger charge is -2.11. The van der Waals surface area contributed by atoms with Crippen LogP contribution in [-0.2, 0) is 14.4 Å². The molecule has 6 nitrogen and oxygen atoms in total. The molecule has 6 heteroatoms. The van der Waals surface area contributed by atoms with Gasteiger partial charge in [-0.1, -0.05) is 19.8 Å². The van der Waals surface area contributed by atoms with E-state index in [1.165, 1.54) is 6.92 Å². The summed E-state index contributed by atoms with van der Waals surface area (Å²) in [6.07, 6.45) is 4.27. The summed E-state index contributed by atoms with van der Waals surface area (Å²) >= 11 is 0. The van der Waals surface area contributed by atoms with E-state index in [0.717, 1.165) is 25.7 Å². The molecule has 2 amide bonds. The maximum atomic E-state index is 11.7. The van der Waals surface area contributed by atoms with Crippen molar-refractivity contribution >= 4 is 17.8 Å². The highest BCUT2D eigenvalue weighted by Gasteiger charge is 2.22. The van der Waals surface area contributed by atoms with E-state index >= 15 is 0 Å². The number of amides is 2. The van der Waals surface area contributed by atoms with E-state index in [2.05, 4.69) is 10.6 Å². The fourth-order valence-corrected chi connectivity index (χ4v) is 2.07. The van der Waals surface area contributed by atoms with Gasteiger partial charge in [0.25, 0.3) is 0 Å². The molecule has 1 atom stereocenters. The number of carbonyl (C=O) groups is 3.